The zero-order valence-electron chi connectivity index (χ0n) is 68.4. The van der Waals surface area contributed by atoms with Gasteiger partial charge in [-0.15, -0.1) is 0 Å². The molecule has 0 radical (unpaired) electrons. The molecule has 0 saturated carbocycles. The molecule has 0 N–H and O–H groups in total. The Morgan fingerprint density at radius 3 is 0.451 bits per heavy atom. The van der Waals surface area contributed by atoms with Crippen LogP contribution in [0.2, 0.25) is 0 Å². The maximum absolute atomic E-state index is 13.4. The maximum Gasteiger partial charge on any atom is 0.319 e. The van der Waals surface area contributed by atoms with E-state index in [2.05, 4.69) is 27.7 Å². The molecule has 0 fully saturated rings. The van der Waals surface area contributed by atoms with Crippen LogP contribution in [0.1, 0.15) is 466 Å². The number of rotatable bonds is 85. The Balaban J connectivity index is 5.28. The van der Waals surface area contributed by atoms with E-state index in [1.165, 1.54) is 379 Å². The molecular weight excluding hydrogens is 1380 g/mol. The Morgan fingerprint density at radius 2 is 0.314 bits per heavy atom. The van der Waals surface area contributed by atoms with Gasteiger partial charge in [0.1, 0.15) is 21.0 Å². The third kappa shape index (κ3) is 74.2. The average Bonchev–Trinajstić information content (AvgIpc) is 0.936. The minimum Gasteiger partial charge on any atom is -0.465 e. The van der Waals surface area contributed by atoms with E-state index < -0.39 is 34.1 Å². The molecule has 4 unspecified atom stereocenters. The minimum atomic E-state index is -1.25. The van der Waals surface area contributed by atoms with Gasteiger partial charge in [-0.05, 0) is 66.2 Å². The molecule has 0 saturated heterocycles. The van der Waals surface area contributed by atoms with E-state index in [-0.39, 0.29) is 23.9 Å². The van der Waals surface area contributed by atoms with Crippen LogP contribution in [0.3, 0.4) is 0 Å². The minimum absolute atomic E-state index is 0.217. The maximum atomic E-state index is 13.4. The third-order valence-corrected chi connectivity index (χ3v) is 33.4. The molecule has 4 atom stereocenters. The fraction of sp³-hybridized carbons (Fsp3) is 0.953. The van der Waals surface area contributed by atoms with Crippen LogP contribution in [0, 0.1) is 0 Å². The molecule has 0 bridgehead atoms. The van der Waals surface area contributed by atoms with Crippen molar-refractivity contribution < 1.29 is 47.2 Å². The summed E-state index contributed by atoms with van der Waals surface area (Å²) in [6.07, 6.45) is 81.2. The summed E-state index contributed by atoms with van der Waals surface area (Å²) < 4.78 is 36.4. The second-order valence-corrected chi connectivity index (χ2v) is 43.0. The van der Waals surface area contributed by atoms with Crippen molar-refractivity contribution in [1.82, 2.24) is 0 Å². The van der Waals surface area contributed by atoms with Crippen molar-refractivity contribution in [3.8, 4) is 0 Å². The first-order chi connectivity index (χ1) is 50.0. The van der Waals surface area contributed by atoms with Gasteiger partial charge in [-0.3, -0.25) is 19.2 Å². The van der Waals surface area contributed by atoms with Crippen LogP contribution in [0.15, 0.2) is 0 Å². The molecule has 0 amide bonds. The van der Waals surface area contributed by atoms with E-state index >= 15 is 0 Å². The van der Waals surface area contributed by atoms with Gasteiger partial charge in [-0.1, -0.05) is 446 Å². The first-order valence-corrected chi connectivity index (χ1v) is 52.7. The summed E-state index contributed by atoms with van der Waals surface area (Å²) in [6, 6.07) is 0. The highest BCUT2D eigenvalue weighted by Gasteiger charge is 2.29. The lowest BCUT2D eigenvalue weighted by atomic mass is 10.0. The molecule has 10 nitrogen and oxygen atoms in total. The fourth-order valence-electron chi connectivity index (χ4n) is 12.7. The highest BCUT2D eigenvalue weighted by atomic mass is 33.1. The van der Waals surface area contributed by atoms with E-state index in [9.17, 15) is 19.2 Å². The lowest BCUT2D eigenvalue weighted by Crippen LogP contribution is -2.19. The summed E-state index contributed by atoms with van der Waals surface area (Å²) in [6.45, 7) is 17.0. The quantitative estimate of drug-likeness (QED) is 0.0248. The van der Waals surface area contributed by atoms with E-state index in [4.69, 9.17) is 28.0 Å². The van der Waals surface area contributed by atoms with Gasteiger partial charge in [0, 0.05) is 0 Å². The number of carbonyl (C=O) groups excluding carboxylic acids is 4. The average molecular weight is 1550 g/mol. The van der Waals surface area contributed by atoms with Gasteiger partial charge in [0.15, 0.2) is 13.1 Å². The van der Waals surface area contributed by atoms with Crippen LogP contribution < -0.4 is 0 Å². The first kappa shape index (κ1) is 102. The summed E-state index contributed by atoms with van der Waals surface area (Å²) in [5.41, 5.74) is 0. The molecule has 0 aromatic rings. The molecule has 0 aromatic heterocycles. The van der Waals surface area contributed by atoms with Crippen LogP contribution >= 0.6 is 58.6 Å². The topological polar surface area (TPSA) is 124 Å². The van der Waals surface area contributed by atoms with Gasteiger partial charge in [-0.2, -0.15) is 0 Å². The SMILES string of the molecule is CCCCCCCCCCCCCCCCCOC(=O)C(C)SP(OCCCCCCOP(SC(C)C(=O)OCCCCCCCCCCCCCCCCC)SC(C)C(=O)OCCCCCCCCCCCCCCCCC)SC(C)C(=O)OCCCCCCCCCCCCCCCCC. The molecule has 0 aromatic carbocycles. The van der Waals surface area contributed by atoms with E-state index in [0.717, 1.165) is 77.0 Å². The Morgan fingerprint density at radius 1 is 0.196 bits per heavy atom. The molecule has 606 valence electrons. The van der Waals surface area contributed by atoms with E-state index in [0.29, 0.717) is 39.6 Å². The van der Waals surface area contributed by atoms with Gasteiger partial charge in [0.05, 0.1) is 39.6 Å². The lowest BCUT2D eigenvalue weighted by molar-refractivity contribution is -0.143. The van der Waals surface area contributed by atoms with Crippen molar-refractivity contribution in [3.05, 3.63) is 0 Å². The van der Waals surface area contributed by atoms with Crippen molar-refractivity contribution in [2.75, 3.05) is 39.6 Å². The second kappa shape index (κ2) is 83.5. The Kier molecular flexibility index (Phi) is 83.6. The molecule has 0 spiro atoms. The van der Waals surface area contributed by atoms with Gasteiger partial charge in [-0.25, -0.2) is 0 Å². The number of unbranched alkanes of at least 4 members (excludes halogenated alkanes) is 59. The zero-order valence-corrected chi connectivity index (χ0v) is 73.5. The summed E-state index contributed by atoms with van der Waals surface area (Å²) in [5.74, 6) is -0.870. The van der Waals surface area contributed by atoms with Crippen molar-refractivity contribution in [1.29, 1.82) is 0 Å². The molecule has 16 heteroatoms. The smallest absolute Gasteiger partial charge is 0.319 e. The largest absolute Gasteiger partial charge is 0.465 e. The summed E-state index contributed by atoms with van der Waals surface area (Å²) in [7, 11) is 0. The molecule has 0 aliphatic heterocycles. The normalized spacial score (nSPS) is 13.5. The molecule has 0 aliphatic rings. The highest BCUT2D eigenvalue weighted by molar-refractivity contribution is 8.87. The molecule has 0 aliphatic carbocycles. The van der Waals surface area contributed by atoms with Crippen LogP contribution in [0.25, 0.3) is 0 Å². The number of hydrogen-bond acceptors (Lipinski definition) is 14. The van der Waals surface area contributed by atoms with Crippen molar-refractivity contribution in [2.24, 2.45) is 0 Å². The van der Waals surface area contributed by atoms with E-state index in [1.54, 1.807) is 0 Å². The molecule has 102 heavy (non-hydrogen) atoms. The summed E-state index contributed by atoms with van der Waals surface area (Å²) in [4.78, 5) is 53.5. The van der Waals surface area contributed by atoms with Crippen molar-refractivity contribution in [3.63, 3.8) is 0 Å². The Labute approximate surface area is 652 Å². The van der Waals surface area contributed by atoms with E-state index in [1.807, 2.05) is 27.7 Å². The third-order valence-electron chi connectivity index (χ3n) is 19.7. The van der Waals surface area contributed by atoms with Gasteiger partial charge in [0.25, 0.3) is 0 Å². The van der Waals surface area contributed by atoms with Crippen LogP contribution in [0.5, 0.6) is 0 Å². The summed E-state index contributed by atoms with van der Waals surface area (Å²) in [5, 5.41) is -1.67. The monoisotopic (exact) mass is 1550 g/mol. The van der Waals surface area contributed by atoms with Crippen LogP contribution in [-0.2, 0) is 47.2 Å². The fourth-order valence-corrected chi connectivity index (χ4v) is 26.9. The first-order valence-electron chi connectivity index (χ1n) is 44.2. The van der Waals surface area contributed by atoms with Crippen LogP contribution in [0.4, 0.5) is 0 Å². The van der Waals surface area contributed by atoms with Gasteiger partial charge >= 0.3 is 23.9 Å². The Hall–Kier alpha value is 0.0600. The number of carbonyl (C=O) groups is 4. The van der Waals surface area contributed by atoms with Crippen molar-refractivity contribution in [2.45, 2.75) is 487 Å². The molecule has 0 heterocycles. The van der Waals surface area contributed by atoms with Crippen molar-refractivity contribution >= 4 is 82.5 Å². The second-order valence-electron chi connectivity index (χ2n) is 30.0. The predicted octanol–water partition coefficient (Wildman–Crippen LogP) is 31.2. The predicted molar refractivity (Wildman–Crippen MR) is 456 cm³/mol. The van der Waals surface area contributed by atoms with Gasteiger partial charge in [0.2, 0.25) is 0 Å². The standard InChI is InChI=1S/C86H168O10P2S4/c1-9-13-17-21-25-29-33-37-41-45-49-53-57-61-67-73-91-83(87)79(5)99-97(100-80(6)84(88)92-74-68-62-58-54-50-46-42-38-34-30-26-22-18-14-10-2)95-77-71-65-66-72-78-96-98(101-81(7)85(89)93-75-69-63-59-55-51-47-43-39-35-31-27-23-19-15-11-3)102-82(8)86(90)94-76-70-64-60-56-52-48-44-40-36-32-28-24-20-16-12-4/h79-82H,9-78H2,1-8H3. The lowest BCUT2D eigenvalue weighted by Gasteiger charge is -2.22. The van der Waals surface area contributed by atoms with Gasteiger partial charge < -0.3 is 28.0 Å². The highest BCUT2D eigenvalue weighted by Crippen LogP contribution is 2.66. The summed E-state index contributed by atoms with van der Waals surface area (Å²) >= 11 is 5.95. The Bertz CT molecular complexity index is 1530. The molecular formula is C86H168O10P2S4. The number of hydrogen-bond donors (Lipinski definition) is 0. The number of esters is 4. The molecule has 0 rings (SSSR count). The number of ether oxygens (including phenoxy) is 4. The van der Waals surface area contributed by atoms with Crippen LogP contribution in [-0.4, -0.2) is 84.5 Å². The zero-order chi connectivity index (χ0) is 74.3.